The summed E-state index contributed by atoms with van der Waals surface area (Å²) in [6, 6.07) is 0.635. The number of nitrogens with zero attached hydrogens (tertiary/aromatic N) is 1. The lowest BCUT2D eigenvalue weighted by Crippen LogP contribution is -2.57. The fraction of sp³-hybridized carbons (Fsp3) is 0.846. The number of allylic oxidation sites excluding steroid dienone is 1. The van der Waals surface area contributed by atoms with Crippen molar-refractivity contribution in [2.24, 2.45) is 0 Å². The van der Waals surface area contributed by atoms with Crippen molar-refractivity contribution < 1.29 is 0 Å². The van der Waals surface area contributed by atoms with E-state index in [1.165, 1.54) is 38.5 Å². The molecule has 0 heterocycles. The molecule has 2 nitrogen and oxygen atoms in total. The third kappa shape index (κ3) is 2.43. The van der Waals surface area contributed by atoms with Gasteiger partial charge in [0.2, 0.25) is 0 Å². The Morgan fingerprint density at radius 1 is 1.33 bits per heavy atom. The molecule has 0 aromatic rings. The Kier molecular flexibility index (Phi) is 3.47. The van der Waals surface area contributed by atoms with E-state index in [1.54, 1.807) is 0 Å². The highest BCUT2D eigenvalue weighted by molar-refractivity contribution is 5.02. The highest BCUT2D eigenvalue weighted by atomic mass is 15.2. The largest absolute Gasteiger partial charge is 0.309 e. The summed E-state index contributed by atoms with van der Waals surface area (Å²) < 4.78 is 0. The van der Waals surface area contributed by atoms with Crippen LogP contribution in [0.2, 0.25) is 0 Å². The molecule has 1 fully saturated rings. The minimum absolute atomic E-state index is 0.464. The van der Waals surface area contributed by atoms with Crippen molar-refractivity contribution in [1.29, 1.82) is 0 Å². The van der Waals surface area contributed by atoms with Crippen LogP contribution in [0.3, 0.4) is 0 Å². The van der Waals surface area contributed by atoms with E-state index in [0.717, 1.165) is 6.54 Å². The number of likely N-dealkylation sites (N-methyl/N-ethyl adjacent to an activating group) is 1. The smallest absolute Gasteiger partial charge is 0.0328 e. The third-order valence-corrected chi connectivity index (χ3v) is 4.18. The normalized spacial score (nSPS) is 29.1. The van der Waals surface area contributed by atoms with Gasteiger partial charge in [-0.25, -0.2) is 0 Å². The molecular weight excluding hydrogens is 184 g/mol. The standard InChI is InChI=1S/C13H24N2/c1-15(2)13(9-6-10-13)11-14-12-7-4-3-5-8-12/h4,7,12,14H,3,5-6,8-11H2,1-2H3. The van der Waals surface area contributed by atoms with E-state index in [0.29, 0.717) is 11.6 Å². The first-order valence-electron chi connectivity index (χ1n) is 6.30. The van der Waals surface area contributed by atoms with Crippen LogP contribution < -0.4 is 5.32 Å². The van der Waals surface area contributed by atoms with Crippen LogP contribution in [0.25, 0.3) is 0 Å². The maximum Gasteiger partial charge on any atom is 0.0328 e. The summed E-state index contributed by atoms with van der Waals surface area (Å²) in [4.78, 5) is 2.41. The van der Waals surface area contributed by atoms with Crippen molar-refractivity contribution in [2.45, 2.75) is 50.1 Å². The molecule has 0 aromatic heterocycles. The molecule has 0 aliphatic heterocycles. The molecular formula is C13H24N2. The van der Waals surface area contributed by atoms with Crippen molar-refractivity contribution in [1.82, 2.24) is 10.2 Å². The van der Waals surface area contributed by atoms with Crippen LogP contribution in [-0.2, 0) is 0 Å². The first-order valence-corrected chi connectivity index (χ1v) is 6.30. The SMILES string of the molecule is CN(C)C1(CNC2C=CCCC2)CCC1. The Bertz CT molecular complexity index is 229. The Morgan fingerprint density at radius 2 is 2.13 bits per heavy atom. The third-order valence-electron chi connectivity index (χ3n) is 4.18. The van der Waals surface area contributed by atoms with Crippen LogP contribution in [-0.4, -0.2) is 37.1 Å². The van der Waals surface area contributed by atoms with E-state index in [4.69, 9.17) is 0 Å². The van der Waals surface area contributed by atoms with E-state index < -0.39 is 0 Å². The zero-order chi connectivity index (χ0) is 10.7. The predicted molar refractivity (Wildman–Crippen MR) is 65.1 cm³/mol. The molecule has 0 spiro atoms. The van der Waals surface area contributed by atoms with Gasteiger partial charge in [-0.1, -0.05) is 12.2 Å². The molecule has 2 heteroatoms. The second-order valence-corrected chi connectivity index (χ2v) is 5.32. The van der Waals surface area contributed by atoms with E-state index in [2.05, 4.69) is 36.5 Å². The Balaban J connectivity index is 1.80. The van der Waals surface area contributed by atoms with Crippen molar-refractivity contribution in [3.8, 4) is 0 Å². The summed E-state index contributed by atoms with van der Waals surface area (Å²) in [6.07, 6.45) is 12.8. The molecule has 1 unspecified atom stereocenters. The fourth-order valence-electron chi connectivity index (χ4n) is 2.67. The highest BCUT2D eigenvalue weighted by Crippen LogP contribution is 2.35. The van der Waals surface area contributed by atoms with Crippen LogP contribution in [0, 0.1) is 0 Å². The number of rotatable bonds is 4. The zero-order valence-corrected chi connectivity index (χ0v) is 10.1. The molecule has 0 saturated heterocycles. The summed E-state index contributed by atoms with van der Waals surface area (Å²) in [5.74, 6) is 0. The van der Waals surface area contributed by atoms with Crippen LogP contribution in [0.5, 0.6) is 0 Å². The van der Waals surface area contributed by atoms with E-state index >= 15 is 0 Å². The molecule has 1 atom stereocenters. The summed E-state index contributed by atoms with van der Waals surface area (Å²) in [7, 11) is 4.44. The Morgan fingerprint density at radius 3 is 2.60 bits per heavy atom. The summed E-state index contributed by atoms with van der Waals surface area (Å²) in [5, 5.41) is 3.72. The molecule has 1 N–H and O–H groups in total. The van der Waals surface area contributed by atoms with Crippen molar-refractivity contribution >= 4 is 0 Å². The second kappa shape index (κ2) is 4.67. The van der Waals surface area contributed by atoms with Gasteiger partial charge in [-0.3, -0.25) is 0 Å². The van der Waals surface area contributed by atoms with Gasteiger partial charge in [0.05, 0.1) is 0 Å². The molecule has 2 aliphatic carbocycles. The molecule has 0 amide bonds. The fourth-order valence-corrected chi connectivity index (χ4v) is 2.67. The molecule has 1 saturated carbocycles. The van der Waals surface area contributed by atoms with E-state index in [1.807, 2.05) is 0 Å². The van der Waals surface area contributed by atoms with Gasteiger partial charge in [-0.05, 0) is 52.6 Å². The van der Waals surface area contributed by atoms with Crippen molar-refractivity contribution in [3.63, 3.8) is 0 Å². The minimum atomic E-state index is 0.464. The molecule has 0 radical (unpaired) electrons. The van der Waals surface area contributed by atoms with Crippen LogP contribution in [0.1, 0.15) is 38.5 Å². The maximum atomic E-state index is 3.72. The predicted octanol–water partition coefficient (Wildman–Crippen LogP) is 2.17. The van der Waals surface area contributed by atoms with Gasteiger partial charge < -0.3 is 10.2 Å². The van der Waals surface area contributed by atoms with Crippen LogP contribution in [0.15, 0.2) is 12.2 Å². The highest BCUT2D eigenvalue weighted by Gasteiger charge is 2.38. The van der Waals surface area contributed by atoms with Crippen molar-refractivity contribution in [2.75, 3.05) is 20.6 Å². The molecule has 0 bridgehead atoms. The molecule has 15 heavy (non-hydrogen) atoms. The number of nitrogens with one attached hydrogen (secondary N) is 1. The monoisotopic (exact) mass is 208 g/mol. The van der Waals surface area contributed by atoms with Gasteiger partial charge in [0, 0.05) is 18.1 Å². The first kappa shape index (κ1) is 11.2. The maximum absolute atomic E-state index is 3.72. The molecule has 2 rings (SSSR count). The van der Waals surface area contributed by atoms with Crippen LogP contribution in [0.4, 0.5) is 0 Å². The molecule has 86 valence electrons. The van der Waals surface area contributed by atoms with Crippen molar-refractivity contribution in [3.05, 3.63) is 12.2 Å². The lowest BCUT2D eigenvalue weighted by molar-refractivity contribution is 0.0581. The number of hydrogen-bond donors (Lipinski definition) is 1. The van der Waals surface area contributed by atoms with Gasteiger partial charge in [-0.2, -0.15) is 0 Å². The van der Waals surface area contributed by atoms with Gasteiger partial charge in [0.25, 0.3) is 0 Å². The molecule has 0 aromatic carbocycles. The van der Waals surface area contributed by atoms with E-state index in [-0.39, 0.29) is 0 Å². The van der Waals surface area contributed by atoms with Gasteiger partial charge >= 0.3 is 0 Å². The Hall–Kier alpha value is -0.340. The lowest BCUT2D eigenvalue weighted by Gasteiger charge is -2.48. The molecule has 2 aliphatic rings. The van der Waals surface area contributed by atoms with Gasteiger partial charge in [-0.15, -0.1) is 0 Å². The summed E-state index contributed by atoms with van der Waals surface area (Å²) in [6.45, 7) is 1.16. The number of hydrogen-bond acceptors (Lipinski definition) is 2. The average Bonchev–Trinajstić information content (AvgIpc) is 2.17. The first-order chi connectivity index (χ1) is 7.23. The summed E-state index contributed by atoms with van der Waals surface area (Å²) >= 11 is 0. The topological polar surface area (TPSA) is 15.3 Å². The Labute approximate surface area is 93.7 Å². The van der Waals surface area contributed by atoms with Gasteiger partial charge in [0.1, 0.15) is 0 Å². The zero-order valence-electron chi connectivity index (χ0n) is 10.1. The van der Waals surface area contributed by atoms with Crippen LogP contribution >= 0.6 is 0 Å². The van der Waals surface area contributed by atoms with E-state index in [9.17, 15) is 0 Å². The quantitative estimate of drug-likeness (QED) is 0.712. The minimum Gasteiger partial charge on any atom is -0.309 e. The van der Waals surface area contributed by atoms with Gasteiger partial charge in [0.15, 0.2) is 0 Å². The average molecular weight is 208 g/mol. The summed E-state index contributed by atoms with van der Waals surface area (Å²) in [5.41, 5.74) is 0.464. The lowest BCUT2D eigenvalue weighted by atomic mass is 9.75. The second-order valence-electron chi connectivity index (χ2n) is 5.32.